The molecule has 0 aliphatic carbocycles. The van der Waals surface area contributed by atoms with Gasteiger partial charge < -0.3 is 4.74 Å². The molecule has 18 heavy (non-hydrogen) atoms. The van der Waals surface area contributed by atoms with Gasteiger partial charge in [-0.05, 0) is 16.8 Å². The van der Waals surface area contributed by atoms with Crippen LogP contribution in [0.1, 0.15) is 57.8 Å². The number of carbonyl (C=O) groups excluding carboxylic acids is 1. The Hall–Kier alpha value is 0.240. The van der Waals surface area contributed by atoms with Gasteiger partial charge in [0.25, 0.3) is 0 Å². The summed E-state index contributed by atoms with van der Waals surface area (Å²) in [5.41, 5.74) is 0. The third-order valence-corrected chi connectivity index (χ3v) is 3.58. The second-order valence-electron chi connectivity index (χ2n) is 4.20. The Morgan fingerprint density at radius 1 is 1.00 bits per heavy atom. The molecule has 0 atom stereocenters. The summed E-state index contributed by atoms with van der Waals surface area (Å²) in [6.07, 6.45) is 10.4. The molecule has 0 saturated heterocycles. The SMILES string of the molecule is O=C(CCCCCCCCCCBr)OCC#CI. The lowest BCUT2D eigenvalue weighted by molar-refractivity contribution is -0.142. The van der Waals surface area contributed by atoms with E-state index in [2.05, 4.69) is 25.8 Å². The fraction of sp³-hybridized carbons (Fsp3) is 0.786. The summed E-state index contributed by atoms with van der Waals surface area (Å²) in [4.78, 5) is 11.2. The summed E-state index contributed by atoms with van der Waals surface area (Å²) in [6, 6.07) is 0. The van der Waals surface area contributed by atoms with E-state index in [9.17, 15) is 4.79 Å². The van der Waals surface area contributed by atoms with Crippen LogP contribution in [0.3, 0.4) is 0 Å². The number of carbonyl (C=O) groups is 1. The summed E-state index contributed by atoms with van der Waals surface area (Å²) in [5, 5.41) is 1.12. The lowest BCUT2D eigenvalue weighted by atomic mass is 10.1. The number of ether oxygens (including phenoxy) is 1. The molecular weight excluding hydrogens is 407 g/mol. The van der Waals surface area contributed by atoms with Crippen LogP contribution in [-0.4, -0.2) is 17.9 Å². The third kappa shape index (κ3) is 14.3. The van der Waals surface area contributed by atoms with Crippen LogP contribution in [0, 0.1) is 9.85 Å². The molecule has 0 aliphatic heterocycles. The molecule has 0 radical (unpaired) electrons. The molecule has 104 valence electrons. The van der Waals surface area contributed by atoms with Crippen LogP contribution in [0.25, 0.3) is 0 Å². The minimum Gasteiger partial charge on any atom is -0.452 e. The first-order valence-electron chi connectivity index (χ1n) is 6.61. The highest BCUT2D eigenvalue weighted by atomic mass is 127. The molecule has 0 saturated carbocycles. The maximum atomic E-state index is 11.2. The van der Waals surface area contributed by atoms with Crippen LogP contribution in [0.15, 0.2) is 0 Å². The highest BCUT2D eigenvalue weighted by Gasteiger charge is 2.01. The van der Waals surface area contributed by atoms with Crippen LogP contribution in [0.4, 0.5) is 0 Å². The fourth-order valence-corrected chi connectivity index (χ4v) is 2.19. The summed E-state index contributed by atoms with van der Waals surface area (Å²) >= 11 is 5.37. The number of alkyl halides is 1. The van der Waals surface area contributed by atoms with Gasteiger partial charge in [-0.15, -0.1) is 0 Å². The molecule has 4 heteroatoms. The van der Waals surface area contributed by atoms with Crippen molar-refractivity contribution in [3.05, 3.63) is 0 Å². The number of halogens is 2. The maximum Gasteiger partial charge on any atom is 0.306 e. The van der Waals surface area contributed by atoms with Crippen LogP contribution in [-0.2, 0) is 9.53 Å². The molecule has 0 aromatic heterocycles. The van der Waals surface area contributed by atoms with E-state index in [0.29, 0.717) is 6.42 Å². The van der Waals surface area contributed by atoms with Crippen molar-refractivity contribution in [2.24, 2.45) is 0 Å². The first kappa shape index (κ1) is 18.2. The van der Waals surface area contributed by atoms with E-state index >= 15 is 0 Å². The lowest BCUT2D eigenvalue weighted by Gasteiger charge is -2.02. The Balaban J connectivity index is 3.14. The molecule has 0 aromatic carbocycles. The minimum atomic E-state index is -0.119. The zero-order valence-corrected chi connectivity index (χ0v) is 14.6. The standard InChI is InChI=1S/C14H22BrIO2/c15-11-8-6-4-2-1-3-5-7-10-14(17)18-13-9-12-16/h1-8,10-11,13H2. The van der Waals surface area contributed by atoms with Gasteiger partial charge in [-0.3, -0.25) is 4.79 Å². The first-order valence-corrected chi connectivity index (χ1v) is 8.81. The summed E-state index contributed by atoms with van der Waals surface area (Å²) in [6.45, 7) is 0.231. The molecule has 2 nitrogen and oxygen atoms in total. The maximum absolute atomic E-state index is 11.2. The molecular formula is C14H22BrIO2. The molecule has 0 bridgehead atoms. The summed E-state index contributed by atoms with van der Waals surface area (Å²) in [7, 11) is 0. The van der Waals surface area contributed by atoms with Crippen molar-refractivity contribution in [3.8, 4) is 9.85 Å². The second-order valence-corrected chi connectivity index (χ2v) is 5.53. The molecule has 0 rings (SSSR count). The predicted molar refractivity (Wildman–Crippen MR) is 88.1 cm³/mol. The molecule has 0 amide bonds. The quantitative estimate of drug-likeness (QED) is 0.155. The summed E-state index contributed by atoms with van der Waals surface area (Å²) in [5.74, 6) is 2.59. The van der Waals surface area contributed by atoms with E-state index in [1.165, 1.54) is 38.5 Å². The van der Waals surface area contributed by atoms with Gasteiger partial charge in [0.2, 0.25) is 0 Å². The Morgan fingerprint density at radius 3 is 2.11 bits per heavy atom. The molecule has 0 aliphatic rings. The molecule has 0 unspecified atom stereocenters. The van der Waals surface area contributed by atoms with Gasteiger partial charge in [0.15, 0.2) is 6.61 Å². The highest BCUT2D eigenvalue weighted by Crippen LogP contribution is 2.10. The van der Waals surface area contributed by atoms with Crippen LogP contribution >= 0.6 is 38.5 Å². The topological polar surface area (TPSA) is 26.3 Å². The van der Waals surface area contributed by atoms with E-state index < -0.39 is 0 Å². The predicted octanol–water partition coefficient (Wildman–Crippen LogP) is 4.83. The molecule has 0 heterocycles. The Morgan fingerprint density at radius 2 is 1.56 bits per heavy atom. The fourth-order valence-electron chi connectivity index (χ4n) is 1.64. The Kier molecular flexibility index (Phi) is 15.5. The van der Waals surface area contributed by atoms with Gasteiger partial charge in [0, 0.05) is 34.3 Å². The second kappa shape index (κ2) is 15.3. The molecule has 0 fully saturated rings. The number of hydrogen-bond acceptors (Lipinski definition) is 2. The summed E-state index contributed by atoms with van der Waals surface area (Å²) < 4.78 is 7.60. The average molecular weight is 429 g/mol. The largest absolute Gasteiger partial charge is 0.452 e. The van der Waals surface area contributed by atoms with E-state index in [1.54, 1.807) is 0 Å². The van der Waals surface area contributed by atoms with E-state index in [1.807, 2.05) is 22.6 Å². The Bertz CT molecular complexity index is 258. The van der Waals surface area contributed by atoms with Crippen LogP contribution < -0.4 is 0 Å². The van der Waals surface area contributed by atoms with Crippen LogP contribution in [0.5, 0.6) is 0 Å². The van der Waals surface area contributed by atoms with Crippen molar-refractivity contribution in [3.63, 3.8) is 0 Å². The van der Waals surface area contributed by atoms with Crippen molar-refractivity contribution in [2.45, 2.75) is 57.8 Å². The number of unbranched alkanes of at least 4 members (excludes halogenated alkanes) is 7. The van der Waals surface area contributed by atoms with Gasteiger partial charge in [-0.25, -0.2) is 0 Å². The van der Waals surface area contributed by atoms with E-state index in [-0.39, 0.29) is 12.6 Å². The van der Waals surface area contributed by atoms with Crippen molar-refractivity contribution >= 4 is 44.5 Å². The van der Waals surface area contributed by atoms with E-state index in [0.717, 1.165) is 18.2 Å². The highest BCUT2D eigenvalue weighted by molar-refractivity contribution is 14.1. The minimum absolute atomic E-state index is 0.119. The zero-order chi connectivity index (χ0) is 13.5. The average Bonchev–Trinajstić information content (AvgIpc) is 2.37. The number of esters is 1. The monoisotopic (exact) mass is 428 g/mol. The van der Waals surface area contributed by atoms with Crippen molar-refractivity contribution in [1.29, 1.82) is 0 Å². The van der Waals surface area contributed by atoms with Crippen molar-refractivity contribution in [2.75, 3.05) is 11.9 Å². The van der Waals surface area contributed by atoms with Crippen molar-refractivity contribution in [1.82, 2.24) is 0 Å². The van der Waals surface area contributed by atoms with Gasteiger partial charge in [-0.2, -0.15) is 0 Å². The van der Waals surface area contributed by atoms with Crippen molar-refractivity contribution < 1.29 is 9.53 Å². The zero-order valence-electron chi connectivity index (χ0n) is 10.9. The smallest absolute Gasteiger partial charge is 0.306 e. The van der Waals surface area contributed by atoms with Gasteiger partial charge >= 0.3 is 5.97 Å². The number of rotatable bonds is 11. The van der Waals surface area contributed by atoms with Gasteiger partial charge in [-0.1, -0.05) is 60.4 Å². The lowest BCUT2D eigenvalue weighted by Crippen LogP contribution is -2.04. The van der Waals surface area contributed by atoms with Gasteiger partial charge in [0.05, 0.1) is 0 Å². The Labute approximate surface area is 133 Å². The molecule has 0 aromatic rings. The molecule has 0 spiro atoms. The van der Waals surface area contributed by atoms with E-state index in [4.69, 9.17) is 4.74 Å². The normalized spacial score (nSPS) is 9.67. The van der Waals surface area contributed by atoms with Crippen LogP contribution in [0.2, 0.25) is 0 Å². The number of hydrogen-bond donors (Lipinski definition) is 0. The molecule has 0 N–H and O–H groups in total. The third-order valence-electron chi connectivity index (χ3n) is 2.64. The van der Waals surface area contributed by atoms with Gasteiger partial charge in [0.1, 0.15) is 0 Å². The first-order chi connectivity index (χ1) is 8.81.